The van der Waals surface area contributed by atoms with Crippen molar-refractivity contribution in [3.63, 3.8) is 0 Å². The maximum absolute atomic E-state index is 14.0. The number of aromatic nitrogens is 3. The van der Waals surface area contributed by atoms with Crippen molar-refractivity contribution in [1.82, 2.24) is 14.5 Å². The van der Waals surface area contributed by atoms with E-state index in [4.69, 9.17) is 0 Å². The number of nitrogens with one attached hydrogen (secondary N) is 1. The van der Waals surface area contributed by atoms with Gasteiger partial charge in [-0.25, -0.2) is 18.9 Å². The lowest BCUT2D eigenvalue weighted by molar-refractivity contribution is -0.113. The Labute approximate surface area is 189 Å². The summed E-state index contributed by atoms with van der Waals surface area (Å²) in [6.45, 7) is 1.90. The summed E-state index contributed by atoms with van der Waals surface area (Å²) in [7, 11) is 0. The molecule has 156 valence electrons. The summed E-state index contributed by atoms with van der Waals surface area (Å²) in [6, 6.07) is 15.0. The van der Waals surface area contributed by atoms with Crippen LogP contribution in [-0.2, 0) is 4.79 Å². The number of carbonyl (C=O) groups excluding carboxylic acids is 1. The molecule has 4 rings (SSSR count). The van der Waals surface area contributed by atoms with E-state index in [-0.39, 0.29) is 17.0 Å². The molecule has 0 fully saturated rings. The molecule has 2 heterocycles. The first kappa shape index (κ1) is 21.2. The number of carbonyl (C=O) groups is 1. The predicted octanol–water partition coefficient (Wildman–Crippen LogP) is 4.72. The molecule has 6 nitrogen and oxygen atoms in total. The Hall–Kier alpha value is -3.04. The number of thioether (sulfide) groups is 1. The second kappa shape index (κ2) is 8.99. The Morgan fingerprint density at radius 3 is 2.74 bits per heavy atom. The maximum Gasteiger partial charge on any atom is 0.267 e. The molecule has 2 aromatic heterocycles. The molecular weight excluding hydrogens is 483 g/mol. The van der Waals surface area contributed by atoms with E-state index in [2.05, 4.69) is 31.2 Å². The smallest absolute Gasteiger partial charge is 0.267 e. The third-order valence-electron chi connectivity index (χ3n) is 4.41. The summed E-state index contributed by atoms with van der Waals surface area (Å²) < 4.78 is 16.0. The van der Waals surface area contributed by atoms with Crippen molar-refractivity contribution in [2.24, 2.45) is 0 Å². The zero-order valence-corrected chi connectivity index (χ0v) is 18.7. The van der Waals surface area contributed by atoms with Crippen molar-refractivity contribution in [3.8, 4) is 5.82 Å². The lowest BCUT2D eigenvalue weighted by Gasteiger charge is -2.13. The third-order valence-corrected chi connectivity index (χ3v) is 5.84. The lowest BCUT2D eigenvalue weighted by atomic mass is 10.2. The molecule has 0 saturated heterocycles. The van der Waals surface area contributed by atoms with E-state index in [9.17, 15) is 14.0 Å². The molecule has 0 saturated carbocycles. The molecular formula is C22H16BrFN4O2S. The average molecular weight is 499 g/mol. The molecule has 1 N–H and O–H groups in total. The minimum absolute atomic E-state index is 0.0633. The highest BCUT2D eigenvalue weighted by atomic mass is 79.9. The van der Waals surface area contributed by atoms with Crippen LogP contribution >= 0.6 is 27.7 Å². The molecule has 2 aromatic carbocycles. The molecule has 0 atom stereocenters. The summed E-state index contributed by atoms with van der Waals surface area (Å²) >= 11 is 4.26. The van der Waals surface area contributed by atoms with Gasteiger partial charge in [0, 0.05) is 10.7 Å². The van der Waals surface area contributed by atoms with Gasteiger partial charge >= 0.3 is 0 Å². The van der Waals surface area contributed by atoms with Gasteiger partial charge in [0.2, 0.25) is 5.91 Å². The van der Waals surface area contributed by atoms with Crippen molar-refractivity contribution in [1.29, 1.82) is 0 Å². The fourth-order valence-corrected chi connectivity index (χ4v) is 4.04. The van der Waals surface area contributed by atoms with Gasteiger partial charge in [0.05, 0.1) is 22.3 Å². The number of hydrogen-bond donors (Lipinski definition) is 1. The molecule has 0 aliphatic heterocycles. The topological polar surface area (TPSA) is 76.9 Å². The monoisotopic (exact) mass is 498 g/mol. The number of anilines is 1. The highest BCUT2D eigenvalue weighted by molar-refractivity contribution is 9.10. The Morgan fingerprint density at radius 1 is 1.19 bits per heavy atom. The molecule has 0 spiro atoms. The number of halogens is 2. The fourth-order valence-electron chi connectivity index (χ4n) is 2.91. The maximum atomic E-state index is 14.0. The number of nitrogens with zero attached hydrogens (tertiary/aromatic N) is 3. The second-order valence-electron chi connectivity index (χ2n) is 6.71. The first-order valence-corrected chi connectivity index (χ1v) is 11.0. The minimum Gasteiger partial charge on any atom is -0.323 e. The van der Waals surface area contributed by atoms with E-state index in [0.717, 1.165) is 17.3 Å². The molecule has 31 heavy (non-hydrogen) atoms. The Bertz CT molecular complexity index is 1340. The number of hydrogen-bond acceptors (Lipinski definition) is 5. The van der Waals surface area contributed by atoms with Crippen LogP contribution in [0.5, 0.6) is 0 Å². The van der Waals surface area contributed by atoms with Crippen molar-refractivity contribution >= 4 is 50.2 Å². The number of benzene rings is 2. The van der Waals surface area contributed by atoms with Crippen LogP contribution in [-0.4, -0.2) is 26.2 Å². The third kappa shape index (κ3) is 4.67. The summed E-state index contributed by atoms with van der Waals surface area (Å²) in [4.78, 5) is 34.5. The van der Waals surface area contributed by atoms with Gasteiger partial charge < -0.3 is 5.32 Å². The van der Waals surface area contributed by atoms with Crippen LogP contribution in [0.2, 0.25) is 0 Å². The molecule has 0 aliphatic rings. The van der Waals surface area contributed by atoms with Gasteiger partial charge in [0.1, 0.15) is 11.6 Å². The Kier molecular flexibility index (Phi) is 6.15. The van der Waals surface area contributed by atoms with Gasteiger partial charge in [-0.1, -0.05) is 45.9 Å². The number of rotatable bonds is 5. The molecule has 0 radical (unpaired) electrons. The van der Waals surface area contributed by atoms with Crippen LogP contribution in [0.15, 0.2) is 75.2 Å². The molecule has 0 unspecified atom stereocenters. The number of fused-ring (bicyclic) bond motifs is 1. The van der Waals surface area contributed by atoms with E-state index >= 15 is 0 Å². The minimum atomic E-state index is -0.544. The highest BCUT2D eigenvalue weighted by Gasteiger charge is 2.16. The molecule has 4 aromatic rings. The summed E-state index contributed by atoms with van der Waals surface area (Å²) in [5.41, 5.74) is 1.29. The van der Waals surface area contributed by atoms with E-state index in [1.807, 2.05) is 13.0 Å². The van der Waals surface area contributed by atoms with Crippen LogP contribution in [0.25, 0.3) is 16.7 Å². The van der Waals surface area contributed by atoms with Gasteiger partial charge in [0.25, 0.3) is 5.56 Å². The van der Waals surface area contributed by atoms with Gasteiger partial charge in [0.15, 0.2) is 5.16 Å². The highest BCUT2D eigenvalue weighted by Crippen LogP contribution is 2.23. The number of amides is 1. The summed E-state index contributed by atoms with van der Waals surface area (Å²) in [6.07, 6.45) is 1.66. The van der Waals surface area contributed by atoms with Crippen LogP contribution < -0.4 is 10.9 Å². The van der Waals surface area contributed by atoms with Gasteiger partial charge in [-0.05, 0) is 48.9 Å². The van der Waals surface area contributed by atoms with Crippen molar-refractivity contribution in [3.05, 3.63) is 87.0 Å². The Morgan fingerprint density at radius 2 is 2.00 bits per heavy atom. The van der Waals surface area contributed by atoms with Crippen molar-refractivity contribution < 1.29 is 9.18 Å². The molecule has 1 amide bonds. The first-order chi connectivity index (χ1) is 14.9. The van der Waals surface area contributed by atoms with Crippen LogP contribution in [0.1, 0.15) is 5.56 Å². The van der Waals surface area contributed by atoms with Gasteiger partial charge in [-0.15, -0.1) is 0 Å². The molecule has 0 bridgehead atoms. The predicted molar refractivity (Wildman–Crippen MR) is 123 cm³/mol. The zero-order valence-electron chi connectivity index (χ0n) is 16.3. The fraction of sp³-hybridized carbons (Fsp3) is 0.0909. The first-order valence-electron chi connectivity index (χ1n) is 9.25. The largest absolute Gasteiger partial charge is 0.323 e. The van der Waals surface area contributed by atoms with E-state index in [1.165, 1.54) is 16.7 Å². The second-order valence-corrected chi connectivity index (χ2v) is 8.57. The normalized spacial score (nSPS) is 10.9. The average Bonchev–Trinajstić information content (AvgIpc) is 2.75. The van der Waals surface area contributed by atoms with E-state index in [1.54, 1.807) is 42.6 Å². The van der Waals surface area contributed by atoms with Crippen molar-refractivity contribution in [2.45, 2.75) is 12.1 Å². The van der Waals surface area contributed by atoms with Crippen LogP contribution in [0, 0.1) is 12.7 Å². The standard InChI is InChI=1S/C22H16BrFN4O2S/c1-13-6-9-19(25-11-13)28-21(30)15-4-2-3-5-17(15)27-22(28)31-12-20(29)26-18-8-7-14(23)10-16(18)24/h2-11H,12H2,1H3,(H,26,29). The van der Waals surface area contributed by atoms with Crippen molar-refractivity contribution in [2.75, 3.05) is 11.1 Å². The SMILES string of the molecule is Cc1ccc(-n2c(SCC(=O)Nc3ccc(Br)cc3F)nc3ccccc3c2=O)nc1. The number of pyridine rings is 1. The van der Waals surface area contributed by atoms with E-state index < -0.39 is 11.7 Å². The van der Waals surface area contributed by atoms with E-state index in [0.29, 0.717) is 26.3 Å². The quantitative estimate of drug-likeness (QED) is 0.318. The zero-order chi connectivity index (χ0) is 22.0. The van der Waals surface area contributed by atoms with Crippen LogP contribution in [0.3, 0.4) is 0 Å². The van der Waals surface area contributed by atoms with Crippen LogP contribution in [0.4, 0.5) is 10.1 Å². The number of para-hydroxylation sites is 1. The molecule has 9 heteroatoms. The molecule has 0 aliphatic carbocycles. The summed E-state index contributed by atoms with van der Waals surface area (Å²) in [5.74, 6) is -0.614. The van der Waals surface area contributed by atoms with Gasteiger partial charge in [-0.3, -0.25) is 9.59 Å². The summed E-state index contributed by atoms with van der Waals surface area (Å²) in [5, 5.41) is 3.32. The van der Waals surface area contributed by atoms with Gasteiger partial charge in [-0.2, -0.15) is 0 Å². The Balaban J connectivity index is 1.66. The lowest BCUT2D eigenvalue weighted by Crippen LogP contribution is -2.23. The number of aryl methyl sites for hydroxylation is 1.